The third kappa shape index (κ3) is 2.70. The van der Waals surface area contributed by atoms with Gasteiger partial charge in [0, 0.05) is 16.3 Å². The summed E-state index contributed by atoms with van der Waals surface area (Å²) in [4.78, 5) is 4.22. The van der Waals surface area contributed by atoms with E-state index in [4.69, 9.17) is 33.5 Å². The standard InChI is InChI=1S/C14H8Cl2FN3O/c15-7-1-4-12(18)10(5-7)14-19-13(20-21-14)9-3-2-8(17)6-11(9)16/h1-6H,18H2. The Morgan fingerprint density at radius 3 is 2.62 bits per heavy atom. The molecule has 0 atom stereocenters. The SMILES string of the molecule is Nc1ccc(Cl)cc1-c1nc(-c2ccc(F)cc2Cl)no1. The first-order chi connectivity index (χ1) is 10.0. The molecule has 0 bridgehead atoms. The highest BCUT2D eigenvalue weighted by atomic mass is 35.5. The van der Waals surface area contributed by atoms with Crippen molar-refractivity contribution in [3.8, 4) is 22.8 Å². The molecule has 2 aromatic carbocycles. The summed E-state index contributed by atoms with van der Waals surface area (Å²) >= 11 is 11.9. The van der Waals surface area contributed by atoms with Gasteiger partial charge in [-0.1, -0.05) is 28.4 Å². The number of nitrogen functional groups attached to an aromatic ring is 1. The van der Waals surface area contributed by atoms with Gasteiger partial charge in [-0.3, -0.25) is 0 Å². The molecule has 0 amide bonds. The van der Waals surface area contributed by atoms with Crippen LogP contribution >= 0.6 is 23.2 Å². The first kappa shape index (κ1) is 13.9. The molecule has 4 nitrogen and oxygen atoms in total. The van der Waals surface area contributed by atoms with E-state index in [0.717, 1.165) is 0 Å². The lowest BCUT2D eigenvalue weighted by Gasteiger charge is -2.00. The summed E-state index contributed by atoms with van der Waals surface area (Å²) in [5, 5.41) is 4.53. The Bertz CT molecular complexity index is 820. The van der Waals surface area contributed by atoms with Gasteiger partial charge in [-0.25, -0.2) is 4.39 Å². The van der Waals surface area contributed by atoms with Crippen molar-refractivity contribution in [1.29, 1.82) is 0 Å². The van der Waals surface area contributed by atoms with Gasteiger partial charge in [-0.2, -0.15) is 4.98 Å². The fourth-order valence-corrected chi connectivity index (χ4v) is 2.25. The van der Waals surface area contributed by atoms with Gasteiger partial charge in [-0.05, 0) is 36.4 Å². The molecule has 0 spiro atoms. The van der Waals surface area contributed by atoms with Crippen LogP contribution in [-0.4, -0.2) is 10.1 Å². The lowest BCUT2D eigenvalue weighted by molar-refractivity contribution is 0.432. The molecule has 0 radical (unpaired) electrons. The maximum absolute atomic E-state index is 13.1. The molecule has 2 N–H and O–H groups in total. The summed E-state index contributed by atoms with van der Waals surface area (Å²) in [5.74, 6) is 0.0197. The van der Waals surface area contributed by atoms with Gasteiger partial charge in [0.15, 0.2) is 0 Å². The quantitative estimate of drug-likeness (QED) is 0.708. The van der Waals surface area contributed by atoms with Crippen LogP contribution in [0.2, 0.25) is 10.0 Å². The Balaban J connectivity index is 2.06. The van der Waals surface area contributed by atoms with Gasteiger partial charge < -0.3 is 10.3 Å². The van der Waals surface area contributed by atoms with Gasteiger partial charge in [0.1, 0.15) is 5.82 Å². The van der Waals surface area contributed by atoms with Crippen LogP contribution in [0.25, 0.3) is 22.8 Å². The van der Waals surface area contributed by atoms with E-state index in [1.54, 1.807) is 18.2 Å². The summed E-state index contributed by atoms with van der Waals surface area (Å²) in [6.07, 6.45) is 0. The van der Waals surface area contributed by atoms with Crippen molar-refractivity contribution in [2.24, 2.45) is 0 Å². The zero-order chi connectivity index (χ0) is 15.0. The average Bonchev–Trinajstić information content (AvgIpc) is 2.91. The largest absolute Gasteiger partial charge is 0.398 e. The normalized spacial score (nSPS) is 10.8. The minimum Gasteiger partial charge on any atom is -0.398 e. The molecular formula is C14H8Cl2FN3O. The van der Waals surface area contributed by atoms with E-state index in [0.29, 0.717) is 21.8 Å². The van der Waals surface area contributed by atoms with E-state index in [1.807, 2.05) is 0 Å². The summed E-state index contributed by atoms with van der Waals surface area (Å²) in [6, 6.07) is 8.86. The molecular weight excluding hydrogens is 316 g/mol. The number of aromatic nitrogens is 2. The third-order valence-corrected chi connectivity index (χ3v) is 3.39. The second kappa shape index (κ2) is 5.35. The molecule has 7 heteroatoms. The summed E-state index contributed by atoms with van der Waals surface area (Å²) < 4.78 is 18.2. The van der Waals surface area contributed by atoms with Crippen molar-refractivity contribution in [3.05, 3.63) is 52.3 Å². The molecule has 106 valence electrons. The van der Waals surface area contributed by atoms with Crippen molar-refractivity contribution in [3.63, 3.8) is 0 Å². The maximum atomic E-state index is 13.1. The minimum absolute atomic E-state index is 0.196. The summed E-state index contributed by atoms with van der Waals surface area (Å²) in [6.45, 7) is 0. The molecule has 3 aromatic rings. The first-order valence-corrected chi connectivity index (χ1v) is 6.65. The van der Waals surface area contributed by atoms with Crippen molar-refractivity contribution < 1.29 is 8.91 Å². The topological polar surface area (TPSA) is 64.9 Å². The van der Waals surface area contributed by atoms with Gasteiger partial charge in [-0.15, -0.1) is 0 Å². The number of hydrogen-bond acceptors (Lipinski definition) is 4. The van der Waals surface area contributed by atoms with Crippen molar-refractivity contribution >= 4 is 28.9 Å². The van der Waals surface area contributed by atoms with Gasteiger partial charge in [0.2, 0.25) is 5.82 Å². The van der Waals surface area contributed by atoms with E-state index < -0.39 is 5.82 Å². The molecule has 0 saturated carbocycles. The molecule has 0 unspecified atom stereocenters. The number of nitrogens with zero attached hydrogens (tertiary/aromatic N) is 2. The van der Waals surface area contributed by atoms with Crippen LogP contribution in [0, 0.1) is 5.82 Å². The summed E-state index contributed by atoms with van der Waals surface area (Å²) in [7, 11) is 0. The van der Waals surface area contributed by atoms with E-state index in [2.05, 4.69) is 10.1 Å². The molecule has 0 aliphatic rings. The zero-order valence-corrected chi connectivity index (χ0v) is 12.0. The van der Waals surface area contributed by atoms with Crippen molar-refractivity contribution in [2.75, 3.05) is 5.73 Å². The van der Waals surface area contributed by atoms with Crippen LogP contribution in [-0.2, 0) is 0 Å². The number of nitrogens with two attached hydrogens (primary N) is 1. The highest BCUT2D eigenvalue weighted by Crippen LogP contribution is 2.31. The molecule has 1 aromatic heterocycles. The molecule has 0 aliphatic carbocycles. The van der Waals surface area contributed by atoms with E-state index in [9.17, 15) is 4.39 Å². The average molecular weight is 324 g/mol. The van der Waals surface area contributed by atoms with Gasteiger partial charge >= 0.3 is 0 Å². The lowest BCUT2D eigenvalue weighted by atomic mass is 10.2. The molecule has 0 aliphatic heterocycles. The van der Waals surface area contributed by atoms with Crippen molar-refractivity contribution in [2.45, 2.75) is 0 Å². The second-order valence-electron chi connectivity index (χ2n) is 4.28. The fourth-order valence-electron chi connectivity index (χ4n) is 1.83. The van der Waals surface area contributed by atoms with E-state index in [-0.39, 0.29) is 16.7 Å². The maximum Gasteiger partial charge on any atom is 0.260 e. The van der Waals surface area contributed by atoms with E-state index in [1.165, 1.54) is 18.2 Å². The Hall–Kier alpha value is -2.11. The minimum atomic E-state index is -0.438. The zero-order valence-electron chi connectivity index (χ0n) is 10.5. The highest BCUT2D eigenvalue weighted by Gasteiger charge is 2.15. The number of halogens is 3. The second-order valence-corrected chi connectivity index (χ2v) is 5.12. The smallest absolute Gasteiger partial charge is 0.260 e. The van der Waals surface area contributed by atoms with E-state index >= 15 is 0 Å². The Labute approximate surface area is 129 Å². The predicted molar refractivity (Wildman–Crippen MR) is 79.6 cm³/mol. The molecule has 21 heavy (non-hydrogen) atoms. The highest BCUT2D eigenvalue weighted by molar-refractivity contribution is 6.33. The molecule has 0 saturated heterocycles. The van der Waals surface area contributed by atoms with Crippen LogP contribution < -0.4 is 5.73 Å². The Morgan fingerprint density at radius 2 is 1.86 bits per heavy atom. The third-order valence-electron chi connectivity index (χ3n) is 2.84. The van der Waals surface area contributed by atoms with Crippen molar-refractivity contribution in [1.82, 2.24) is 10.1 Å². The number of anilines is 1. The Kier molecular flexibility index (Phi) is 3.53. The molecule has 3 rings (SSSR count). The van der Waals surface area contributed by atoms with Gasteiger partial charge in [0.25, 0.3) is 5.89 Å². The first-order valence-electron chi connectivity index (χ1n) is 5.89. The predicted octanol–water partition coefficient (Wildman–Crippen LogP) is 4.43. The fraction of sp³-hybridized carbons (Fsp3) is 0. The number of hydrogen-bond donors (Lipinski definition) is 1. The summed E-state index contributed by atoms with van der Waals surface area (Å²) in [5.41, 5.74) is 7.31. The van der Waals surface area contributed by atoms with Crippen LogP contribution in [0.1, 0.15) is 0 Å². The monoisotopic (exact) mass is 323 g/mol. The van der Waals surface area contributed by atoms with Gasteiger partial charge in [0.05, 0.1) is 10.6 Å². The number of benzene rings is 2. The van der Waals surface area contributed by atoms with Crippen LogP contribution in [0.15, 0.2) is 40.9 Å². The van der Waals surface area contributed by atoms with Crippen LogP contribution in [0.3, 0.4) is 0 Å². The number of rotatable bonds is 2. The van der Waals surface area contributed by atoms with Crippen LogP contribution in [0.5, 0.6) is 0 Å². The lowest BCUT2D eigenvalue weighted by Crippen LogP contribution is -1.90. The molecule has 0 fully saturated rings. The molecule has 1 heterocycles. The van der Waals surface area contributed by atoms with Crippen LogP contribution in [0.4, 0.5) is 10.1 Å². The Morgan fingerprint density at radius 1 is 1.05 bits per heavy atom.